The van der Waals surface area contributed by atoms with E-state index in [9.17, 15) is 0 Å². The van der Waals surface area contributed by atoms with Gasteiger partial charge in [0.2, 0.25) is 0 Å². The van der Waals surface area contributed by atoms with E-state index in [2.05, 4.69) is 37.3 Å². The van der Waals surface area contributed by atoms with E-state index in [0.29, 0.717) is 0 Å². The number of nitrogens with two attached hydrogens (primary N) is 1. The molecule has 1 heteroatoms. The summed E-state index contributed by atoms with van der Waals surface area (Å²) in [5, 5.41) is 0. The molecule has 1 aliphatic rings. The van der Waals surface area contributed by atoms with Gasteiger partial charge in [-0.05, 0) is 30.2 Å². The minimum absolute atomic E-state index is 0.233. The van der Waals surface area contributed by atoms with Gasteiger partial charge in [0.1, 0.15) is 0 Å². The van der Waals surface area contributed by atoms with Gasteiger partial charge in [0.05, 0.1) is 0 Å². The molecular weight excluding hydrogens is 206 g/mol. The summed E-state index contributed by atoms with van der Waals surface area (Å²) in [6.45, 7) is 2.32. The van der Waals surface area contributed by atoms with Gasteiger partial charge in [-0.25, -0.2) is 0 Å². The van der Waals surface area contributed by atoms with Crippen molar-refractivity contribution in [1.82, 2.24) is 0 Å². The summed E-state index contributed by atoms with van der Waals surface area (Å²) in [5.74, 6) is 1.81. The lowest BCUT2D eigenvalue weighted by molar-refractivity contribution is 0.239. The summed E-state index contributed by atoms with van der Waals surface area (Å²) in [6, 6.07) is 10.8. The molecule has 17 heavy (non-hydrogen) atoms. The lowest BCUT2D eigenvalue weighted by atomic mass is 9.77. The number of hydrogen-bond acceptors (Lipinski definition) is 1. The maximum Gasteiger partial charge on any atom is 0.0297 e. The molecular formula is C16H25N. The van der Waals surface area contributed by atoms with Crippen molar-refractivity contribution in [2.24, 2.45) is 17.6 Å². The number of hydrogen-bond donors (Lipinski definition) is 1. The second kappa shape index (κ2) is 6.20. The molecule has 1 aliphatic carbocycles. The average Bonchev–Trinajstić information content (AvgIpc) is 2.40. The molecule has 0 spiro atoms. The quantitative estimate of drug-likeness (QED) is 0.821. The van der Waals surface area contributed by atoms with Gasteiger partial charge in [0.25, 0.3) is 0 Å². The van der Waals surface area contributed by atoms with Crippen LogP contribution in [-0.4, -0.2) is 0 Å². The molecule has 0 aromatic heterocycles. The number of rotatable bonds is 4. The highest BCUT2D eigenvalue weighted by molar-refractivity contribution is 5.18. The fourth-order valence-corrected chi connectivity index (χ4v) is 3.18. The SMILES string of the molecule is CCC1CCCC(CC(N)c2ccccc2)C1. The van der Waals surface area contributed by atoms with Crippen LogP contribution in [-0.2, 0) is 0 Å². The highest BCUT2D eigenvalue weighted by Gasteiger charge is 2.22. The Bertz CT molecular complexity index is 320. The zero-order valence-corrected chi connectivity index (χ0v) is 10.9. The predicted octanol–water partition coefficient (Wildman–Crippen LogP) is 4.29. The van der Waals surface area contributed by atoms with Crippen molar-refractivity contribution < 1.29 is 0 Å². The topological polar surface area (TPSA) is 26.0 Å². The van der Waals surface area contributed by atoms with Crippen molar-refractivity contribution in [3.63, 3.8) is 0 Å². The van der Waals surface area contributed by atoms with Crippen LogP contribution in [0.4, 0.5) is 0 Å². The van der Waals surface area contributed by atoms with Crippen molar-refractivity contribution >= 4 is 0 Å². The summed E-state index contributed by atoms with van der Waals surface area (Å²) >= 11 is 0. The predicted molar refractivity (Wildman–Crippen MR) is 73.7 cm³/mol. The van der Waals surface area contributed by atoms with E-state index >= 15 is 0 Å². The van der Waals surface area contributed by atoms with Crippen molar-refractivity contribution in [1.29, 1.82) is 0 Å². The summed E-state index contributed by atoms with van der Waals surface area (Å²) in [4.78, 5) is 0. The molecule has 3 unspecified atom stereocenters. The zero-order valence-electron chi connectivity index (χ0n) is 10.9. The van der Waals surface area contributed by atoms with Crippen LogP contribution in [0, 0.1) is 11.8 Å². The van der Waals surface area contributed by atoms with Crippen LogP contribution < -0.4 is 5.73 Å². The summed E-state index contributed by atoms with van der Waals surface area (Å²) < 4.78 is 0. The Morgan fingerprint density at radius 3 is 2.59 bits per heavy atom. The minimum atomic E-state index is 0.233. The third-order valence-corrected chi connectivity index (χ3v) is 4.28. The Kier molecular flexibility index (Phi) is 4.61. The van der Waals surface area contributed by atoms with Crippen LogP contribution >= 0.6 is 0 Å². The molecule has 3 atom stereocenters. The molecule has 1 saturated carbocycles. The first-order valence-corrected chi connectivity index (χ1v) is 7.10. The highest BCUT2D eigenvalue weighted by atomic mass is 14.6. The Labute approximate surface area is 105 Å². The van der Waals surface area contributed by atoms with Gasteiger partial charge in [-0.3, -0.25) is 0 Å². The van der Waals surface area contributed by atoms with Gasteiger partial charge < -0.3 is 5.73 Å². The van der Waals surface area contributed by atoms with Gasteiger partial charge in [0, 0.05) is 6.04 Å². The smallest absolute Gasteiger partial charge is 0.0297 e. The van der Waals surface area contributed by atoms with Gasteiger partial charge in [-0.1, -0.05) is 62.9 Å². The maximum atomic E-state index is 6.31. The fraction of sp³-hybridized carbons (Fsp3) is 0.625. The van der Waals surface area contributed by atoms with Crippen LogP contribution in [0.3, 0.4) is 0 Å². The van der Waals surface area contributed by atoms with E-state index < -0.39 is 0 Å². The molecule has 1 nitrogen and oxygen atoms in total. The van der Waals surface area contributed by atoms with Crippen molar-refractivity contribution in [2.45, 2.75) is 51.5 Å². The maximum absolute atomic E-state index is 6.31. The monoisotopic (exact) mass is 231 g/mol. The second-order valence-electron chi connectivity index (χ2n) is 5.56. The van der Waals surface area contributed by atoms with Gasteiger partial charge in [-0.15, -0.1) is 0 Å². The van der Waals surface area contributed by atoms with Gasteiger partial charge in [0.15, 0.2) is 0 Å². The van der Waals surface area contributed by atoms with Crippen LogP contribution in [0.1, 0.15) is 57.1 Å². The lowest BCUT2D eigenvalue weighted by Gasteiger charge is -2.30. The normalized spacial score (nSPS) is 26.7. The third kappa shape index (κ3) is 3.57. The summed E-state index contributed by atoms with van der Waals surface area (Å²) in [5.41, 5.74) is 7.61. The van der Waals surface area contributed by atoms with Gasteiger partial charge >= 0.3 is 0 Å². The molecule has 0 radical (unpaired) electrons. The lowest BCUT2D eigenvalue weighted by Crippen LogP contribution is -2.21. The Morgan fingerprint density at radius 1 is 1.18 bits per heavy atom. The summed E-state index contributed by atoms with van der Waals surface area (Å²) in [6.07, 6.45) is 8.14. The molecule has 2 rings (SSSR count). The molecule has 1 aromatic rings. The van der Waals surface area contributed by atoms with Crippen molar-refractivity contribution in [2.75, 3.05) is 0 Å². The van der Waals surface area contributed by atoms with E-state index in [4.69, 9.17) is 5.73 Å². The molecule has 0 saturated heterocycles. The van der Waals surface area contributed by atoms with Crippen molar-refractivity contribution in [3.05, 3.63) is 35.9 Å². The molecule has 0 heterocycles. The Balaban J connectivity index is 1.88. The Hall–Kier alpha value is -0.820. The molecule has 1 aromatic carbocycles. The van der Waals surface area contributed by atoms with E-state index in [1.807, 2.05) is 0 Å². The Morgan fingerprint density at radius 2 is 1.88 bits per heavy atom. The molecule has 0 bridgehead atoms. The number of benzene rings is 1. The van der Waals surface area contributed by atoms with E-state index in [-0.39, 0.29) is 6.04 Å². The third-order valence-electron chi connectivity index (χ3n) is 4.28. The van der Waals surface area contributed by atoms with Crippen molar-refractivity contribution in [3.8, 4) is 0 Å². The molecule has 0 aliphatic heterocycles. The van der Waals surface area contributed by atoms with E-state index in [1.54, 1.807) is 0 Å². The highest BCUT2D eigenvalue weighted by Crippen LogP contribution is 2.35. The van der Waals surface area contributed by atoms with E-state index in [1.165, 1.54) is 44.1 Å². The molecule has 1 fully saturated rings. The van der Waals surface area contributed by atoms with Crippen LogP contribution in [0.5, 0.6) is 0 Å². The fourth-order valence-electron chi connectivity index (χ4n) is 3.18. The van der Waals surface area contributed by atoms with Crippen LogP contribution in [0.2, 0.25) is 0 Å². The molecule has 2 N–H and O–H groups in total. The second-order valence-corrected chi connectivity index (χ2v) is 5.56. The molecule has 94 valence electrons. The van der Waals surface area contributed by atoms with Crippen LogP contribution in [0.15, 0.2) is 30.3 Å². The average molecular weight is 231 g/mol. The first-order valence-electron chi connectivity index (χ1n) is 7.10. The standard InChI is InChI=1S/C16H25N/c1-2-13-7-6-8-14(11-13)12-16(17)15-9-4-3-5-10-15/h3-5,9-10,13-14,16H,2,6-8,11-12,17H2,1H3. The minimum Gasteiger partial charge on any atom is -0.324 e. The first kappa shape index (κ1) is 12.6. The first-order chi connectivity index (χ1) is 8.29. The van der Waals surface area contributed by atoms with Crippen LogP contribution in [0.25, 0.3) is 0 Å². The largest absolute Gasteiger partial charge is 0.324 e. The zero-order chi connectivity index (χ0) is 12.1. The van der Waals surface area contributed by atoms with Gasteiger partial charge in [-0.2, -0.15) is 0 Å². The molecule has 0 amide bonds. The van der Waals surface area contributed by atoms with E-state index in [0.717, 1.165) is 11.8 Å². The summed E-state index contributed by atoms with van der Waals surface area (Å²) in [7, 11) is 0.